The summed E-state index contributed by atoms with van der Waals surface area (Å²) in [5.41, 5.74) is 1.38. The Balaban J connectivity index is 2.46. The Bertz CT molecular complexity index is 558. The van der Waals surface area contributed by atoms with E-state index in [9.17, 15) is 9.59 Å². The topological polar surface area (TPSA) is 49.9 Å². The van der Waals surface area contributed by atoms with Crippen molar-refractivity contribution in [2.24, 2.45) is 0 Å². The van der Waals surface area contributed by atoms with Crippen LogP contribution in [0.3, 0.4) is 0 Å². The third kappa shape index (κ3) is 2.11. The zero-order valence-electron chi connectivity index (χ0n) is 7.75. The minimum atomic E-state index is -0.105. The lowest BCUT2D eigenvalue weighted by atomic mass is 10.1. The van der Waals surface area contributed by atoms with Gasteiger partial charge in [-0.05, 0) is 18.2 Å². The smallest absolute Gasteiger partial charge is 0.305 e. The maximum atomic E-state index is 11.5. The molecule has 0 aliphatic carbocycles. The zero-order chi connectivity index (χ0) is 10.8. The number of carbonyl (C=O) groups is 1. The van der Waals surface area contributed by atoms with Gasteiger partial charge in [0.25, 0.3) is 0 Å². The highest BCUT2D eigenvalue weighted by Crippen LogP contribution is 2.17. The average Bonchev–Trinajstić information content (AvgIpc) is 2.57. The molecule has 1 N–H and O–H groups in total. The lowest BCUT2D eigenvalue weighted by Gasteiger charge is -1.97. The van der Waals surface area contributed by atoms with Crippen LogP contribution in [0.4, 0.5) is 0 Å². The van der Waals surface area contributed by atoms with Crippen LogP contribution in [0.2, 0.25) is 0 Å². The normalized spacial score (nSPS) is 10.7. The van der Waals surface area contributed by atoms with Gasteiger partial charge in [0.05, 0.1) is 10.2 Å². The van der Waals surface area contributed by atoms with Crippen molar-refractivity contribution >= 4 is 38.9 Å². The molecule has 0 saturated heterocycles. The Morgan fingerprint density at radius 3 is 3.00 bits per heavy atom. The predicted octanol–water partition coefficient (Wildman–Crippen LogP) is 2.40. The molecule has 1 aromatic heterocycles. The first-order valence-corrected chi connectivity index (χ1v) is 5.78. The number of thiazole rings is 1. The van der Waals surface area contributed by atoms with Gasteiger partial charge in [0.15, 0.2) is 5.78 Å². The van der Waals surface area contributed by atoms with Crippen molar-refractivity contribution < 1.29 is 4.79 Å². The van der Waals surface area contributed by atoms with Crippen LogP contribution < -0.4 is 4.87 Å². The van der Waals surface area contributed by atoms with Crippen molar-refractivity contribution in [1.29, 1.82) is 0 Å². The van der Waals surface area contributed by atoms with E-state index in [1.807, 2.05) is 0 Å². The molecule has 0 aliphatic rings. The molecule has 15 heavy (non-hydrogen) atoms. The molecule has 1 heterocycles. The lowest BCUT2D eigenvalue weighted by molar-refractivity contribution is 0.0989. The van der Waals surface area contributed by atoms with Crippen LogP contribution in [0.25, 0.3) is 10.2 Å². The number of fused-ring (bicyclic) bond motifs is 1. The number of halogens is 1. The van der Waals surface area contributed by atoms with Gasteiger partial charge in [-0.1, -0.05) is 11.3 Å². The van der Waals surface area contributed by atoms with Crippen molar-refractivity contribution in [2.45, 2.75) is 6.42 Å². The van der Waals surface area contributed by atoms with Crippen molar-refractivity contribution in [3.05, 3.63) is 33.4 Å². The van der Waals surface area contributed by atoms with Crippen molar-refractivity contribution in [2.75, 3.05) is 5.88 Å². The third-order valence-electron chi connectivity index (χ3n) is 2.06. The summed E-state index contributed by atoms with van der Waals surface area (Å²) in [5.74, 6) is 0.327. The number of aromatic nitrogens is 1. The number of ketones is 1. The molecule has 0 atom stereocenters. The molecule has 0 bridgehead atoms. The summed E-state index contributed by atoms with van der Waals surface area (Å²) in [6.07, 6.45) is 0.326. The van der Waals surface area contributed by atoms with Crippen molar-refractivity contribution in [3.63, 3.8) is 0 Å². The minimum Gasteiger partial charge on any atom is -0.312 e. The molecular formula is C10H8ClNO2S. The fraction of sp³-hybridized carbons (Fsp3) is 0.200. The highest BCUT2D eigenvalue weighted by atomic mass is 35.5. The van der Waals surface area contributed by atoms with Crippen LogP contribution in [0.15, 0.2) is 23.0 Å². The summed E-state index contributed by atoms with van der Waals surface area (Å²) < 4.78 is 0.806. The molecule has 0 unspecified atom stereocenters. The second-order valence-electron chi connectivity index (χ2n) is 3.09. The molecule has 0 aliphatic heterocycles. The SMILES string of the molecule is O=C(CCCl)c1ccc2[nH]c(=O)sc2c1. The summed E-state index contributed by atoms with van der Waals surface area (Å²) in [7, 11) is 0. The molecule has 0 saturated carbocycles. The van der Waals surface area contributed by atoms with Gasteiger partial charge in [-0.25, -0.2) is 0 Å². The number of aromatic amines is 1. The first-order valence-electron chi connectivity index (χ1n) is 4.43. The molecule has 0 fully saturated rings. The summed E-state index contributed by atoms with van der Waals surface area (Å²) in [4.78, 5) is 25.2. The lowest BCUT2D eigenvalue weighted by Crippen LogP contribution is -1.98. The molecule has 78 valence electrons. The van der Waals surface area contributed by atoms with Gasteiger partial charge in [-0.2, -0.15) is 0 Å². The van der Waals surface area contributed by atoms with Crippen LogP contribution >= 0.6 is 22.9 Å². The molecule has 0 amide bonds. The Morgan fingerprint density at radius 1 is 1.47 bits per heavy atom. The first kappa shape index (κ1) is 10.4. The summed E-state index contributed by atoms with van der Waals surface area (Å²) in [5, 5.41) is 0. The van der Waals surface area contributed by atoms with E-state index >= 15 is 0 Å². The zero-order valence-corrected chi connectivity index (χ0v) is 9.32. The number of nitrogens with one attached hydrogen (secondary N) is 1. The van der Waals surface area contributed by atoms with E-state index in [4.69, 9.17) is 11.6 Å². The minimum absolute atomic E-state index is 0.00717. The fourth-order valence-corrected chi connectivity index (χ4v) is 2.30. The van der Waals surface area contributed by atoms with E-state index in [1.165, 1.54) is 0 Å². The number of Topliss-reactive ketones (excluding diaryl/α,β-unsaturated/α-hetero) is 1. The van der Waals surface area contributed by atoms with Crippen LogP contribution in [-0.4, -0.2) is 16.6 Å². The maximum Gasteiger partial charge on any atom is 0.305 e. The maximum absolute atomic E-state index is 11.5. The Morgan fingerprint density at radius 2 is 2.27 bits per heavy atom. The molecule has 5 heteroatoms. The number of benzene rings is 1. The molecule has 1 aromatic carbocycles. The summed E-state index contributed by atoms with van der Waals surface area (Å²) >= 11 is 6.60. The molecular weight excluding hydrogens is 234 g/mol. The van der Waals surface area contributed by atoms with Crippen molar-refractivity contribution in [3.8, 4) is 0 Å². The monoisotopic (exact) mass is 241 g/mol. The van der Waals surface area contributed by atoms with E-state index in [0.29, 0.717) is 17.9 Å². The predicted molar refractivity (Wildman–Crippen MR) is 62.1 cm³/mol. The summed E-state index contributed by atoms with van der Waals surface area (Å²) in [6.45, 7) is 0. The Kier molecular flexibility index (Phi) is 2.88. The number of hydrogen-bond acceptors (Lipinski definition) is 3. The number of alkyl halides is 1. The Hall–Kier alpha value is -1.13. The second-order valence-corrected chi connectivity index (χ2v) is 4.48. The molecule has 2 rings (SSSR count). The van der Waals surface area contributed by atoms with Gasteiger partial charge >= 0.3 is 4.87 Å². The van der Waals surface area contributed by atoms with Gasteiger partial charge in [-0.15, -0.1) is 11.6 Å². The quantitative estimate of drug-likeness (QED) is 0.663. The van der Waals surface area contributed by atoms with Crippen LogP contribution in [0.5, 0.6) is 0 Å². The number of H-pyrrole nitrogens is 1. The number of hydrogen-bond donors (Lipinski definition) is 1. The molecule has 2 aromatic rings. The van der Waals surface area contributed by atoms with E-state index in [1.54, 1.807) is 18.2 Å². The highest BCUT2D eigenvalue weighted by Gasteiger charge is 2.07. The molecule has 0 spiro atoms. The number of rotatable bonds is 3. The number of carbonyl (C=O) groups excluding carboxylic acids is 1. The van der Waals surface area contributed by atoms with E-state index in [-0.39, 0.29) is 10.7 Å². The standard InChI is InChI=1S/C10H8ClNO2S/c11-4-3-8(13)6-1-2-7-9(5-6)15-10(14)12-7/h1-2,5H,3-4H2,(H,12,14). The largest absolute Gasteiger partial charge is 0.312 e. The van der Waals surface area contributed by atoms with Gasteiger partial charge < -0.3 is 4.98 Å². The van der Waals surface area contributed by atoms with Crippen LogP contribution in [0, 0.1) is 0 Å². The van der Waals surface area contributed by atoms with Gasteiger partial charge in [0.1, 0.15) is 0 Å². The van der Waals surface area contributed by atoms with Gasteiger partial charge in [0, 0.05) is 17.9 Å². The first-order chi connectivity index (χ1) is 7.20. The van der Waals surface area contributed by atoms with Crippen molar-refractivity contribution in [1.82, 2.24) is 4.98 Å². The van der Waals surface area contributed by atoms with Gasteiger partial charge in [-0.3, -0.25) is 9.59 Å². The van der Waals surface area contributed by atoms with E-state index < -0.39 is 0 Å². The average molecular weight is 242 g/mol. The highest BCUT2D eigenvalue weighted by molar-refractivity contribution is 7.16. The Labute approximate surface area is 94.7 Å². The fourth-order valence-electron chi connectivity index (χ4n) is 1.35. The third-order valence-corrected chi connectivity index (χ3v) is 3.10. The van der Waals surface area contributed by atoms with Crippen LogP contribution in [-0.2, 0) is 0 Å². The molecule has 3 nitrogen and oxygen atoms in total. The summed E-state index contributed by atoms with van der Waals surface area (Å²) in [6, 6.07) is 5.18. The second kappa shape index (κ2) is 4.16. The molecule has 0 radical (unpaired) electrons. The van der Waals surface area contributed by atoms with Gasteiger partial charge in [0.2, 0.25) is 0 Å². The van der Waals surface area contributed by atoms with E-state index in [2.05, 4.69) is 4.98 Å². The van der Waals surface area contributed by atoms with Crippen LogP contribution in [0.1, 0.15) is 16.8 Å². The van der Waals surface area contributed by atoms with E-state index in [0.717, 1.165) is 21.6 Å².